The van der Waals surface area contributed by atoms with Crippen molar-refractivity contribution in [3.05, 3.63) is 18.0 Å². The van der Waals surface area contributed by atoms with Gasteiger partial charge in [0.25, 0.3) is 0 Å². The minimum Gasteiger partial charge on any atom is -0.326 e. The highest BCUT2D eigenvalue weighted by Crippen LogP contribution is 2.37. The van der Waals surface area contributed by atoms with Crippen LogP contribution in [0.15, 0.2) is 12.4 Å². The molecule has 1 fully saturated rings. The van der Waals surface area contributed by atoms with Crippen molar-refractivity contribution in [2.75, 3.05) is 13.1 Å². The van der Waals surface area contributed by atoms with E-state index >= 15 is 0 Å². The van der Waals surface area contributed by atoms with Crippen LogP contribution in [0.3, 0.4) is 0 Å². The van der Waals surface area contributed by atoms with Crippen LogP contribution in [0, 0.1) is 11.3 Å². The number of hydrogen-bond acceptors (Lipinski definition) is 3. The standard InChI is InChI=1S/C17H32N4/c1-6-15(18)16(13-11-19-20(5)12-13)21-9-7-14(8-10-21)17(2,3)4/h11-12,14-16H,6-10,18H2,1-5H3. The third-order valence-electron chi connectivity index (χ3n) is 5.09. The van der Waals surface area contributed by atoms with Crippen molar-refractivity contribution in [2.24, 2.45) is 24.1 Å². The molecule has 4 nitrogen and oxygen atoms in total. The van der Waals surface area contributed by atoms with Gasteiger partial charge in [0.05, 0.1) is 12.2 Å². The number of likely N-dealkylation sites (tertiary alicyclic amines) is 1. The monoisotopic (exact) mass is 292 g/mol. The first-order valence-electron chi connectivity index (χ1n) is 8.31. The average molecular weight is 292 g/mol. The van der Waals surface area contributed by atoms with E-state index in [0.717, 1.165) is 25.4 Å². The molecule has 2 rings (SSSR count). The molecule has 2 heterocycles. The molecule has 0 amide bonds. The van der Waals surface area contributed by atoms with Crippen LogP contribution in [0.2, 0.25) is 0 Å². The van der Waals surface area contributed by atoms with Gasteiger partial charge in [0.1, 0.15) is 0 Å². The van der Waals surface area contributed by atoms with Gasteiger partial charge in [0.2, 0.25) is 0 Å². The lowest BCUT2D eigenvalue weighted by Crippen LogP contribution is -2.46. The van der Waals surface area contributed by atoms with Crippen LogP contribution in [0.25, 0.3) is 0 Å². The van der Waals surface area contributed by atoms with E-state index in [2.05, 4.69) is 43.9 Å². The van der Waals surface area contributed by atoms with E-state index in [1.807, 2.05) is 17.9 Å². The van der Waals surface area contributed by atoms with Gasteiger partial charge in [-0.05, 0) is 43.7 Å². The number of rotatable bonds is 4. The number of aromatic nitrogens is 2. The lowest BCUT2D eigenvalue weighted by atomic mass is 9.75. The number of nitrogens with two attached hydrogens (primary N) is 1. The van der Waals surface area contributed by atoms with E-state index in [1.54, 1.807) is 0 Å². The summed E-state index contributed by atoms with van der Waals surface area (Å²) in [6.45, 7) is 11.6. The highest BCUT2D eigenvalue weighted by Gasteiger charge is 2.33. The van der Waals surface area contributed by atoms with Crippen LogP contribution in [-0.2, 0) is 7.05 Å². The highest BCUT2D eigenvalue weighted by molar-refractivity contribution is 5.14. The zero-order valence-electron chi connectivity index (χ0n) is 14.3. The molecule has 1 aromatic rings. The first kappa shape index (κ1) is 16.5. The maximum atomic E-state index is 6.43. The van der Waals surface area contributed by atoms with Gasteiger partial charge in [-0.15, -0.1) is 0 Å². The van der Waals surface area contributed by atoms with Gasteiger partial charge >= 0.3 is 0 Å². The maximum absolute atomic E-state index is 6.43. The normalized spacial score (nSPS) is 21.4. The van der Waals surface area contributed by atoms with E-state index in [-0.39, 0.29) is 6.04 Å². The summed E-state index contributed by atoms with van der Waals surface area (Å²) in [6, 6.07) is 0.491. The Kier molecular flexibility index (Phi) is 5.10. The van der Waals surface area contributed by atoms with Gasteiger partial charge in [0.15, 0.2) is 0 Å². The highest BCUT2D eigenvalue weighted by atomic mass is 15.3. The largest absolute Gasteiger partial charge is 0.326 e. The van der Waals surface area contributed by atoms with Crippen molar-refractivity contribution >= 4 is 0 Å². The van der Waals surface area contributed by atoms with Gasteiger partial charge in [-0.25, -0.2) is 0 Å². The van der Waals surface area contributed by atoms with E-state index < -0.39 is 0 Å². The van der Waals surface area contributed by atoms with Gasteiger partial charge in [0, 0.05) is 24.8 Å². The molecule has 0 aliphatic carbocycles. The summed E-state index contributed by atoms with van der Waals surface area (Å²) in [6.07, 6.45) is 7.65. The van der Waals surface area contributed by atoms with Crippen LogP contribution in [0.4, 0.5) is 0 Å². The molecule has 0 saturated carbocycles. The molecule has 21 heavy (non-hydrogen) atoms. The smallest absolute Gasteiger partial charge is 0.0538 e. The minimum absolute atomic E-state index is 0.181. The first-order chi connectivity index (χ1) is 9.82. The topological polar surface area (TPSA) is 47.1 Å². The summed E-state index contributed by atoms with van der Waals surface area (Å²) >= 11 is 0. The van der Waals surface area contributed by atoms with Crippen molar-refractivity contribution in [1.29, 1.82) is 0 Å². The van der Waals surface area contributed by atoms with E-state index in [0.29, 0.717) is 11.5 Å². The molecule has 2 atom stereocenters. The van der Waals surface area contributed by atoms with Crippen LogP contribution in [0.1, 0.15) is 58.6 Å². The molecular formula is C17H32N4. The Balaban J connectivity index is 2.09. The predicted octanol–water partition coefficient (Wildman–Crippen LogP) is 2.96. The van der Waals surface area contributed by atoms with Crippen LogP contribution < -0.4 is 5.73 Å². The zero-order chi connectivity index (χ0) is 15.6. The second kappa shape index (κ2) is 6.49. The number of nitrogens with zero attached hydrogens (tertiary/aromatic N) is 3. The van der Waals surface area contributed by atoms with Crippen molar-refractivity contribution in [2.45, 2.75) is 59.0 Å². The molecular weight excluding hydrogens is 260 g/mol. The fourth-order valence-corrected chi connectivity index (χ4v) is 3.59. The summed E-state index contributed by atoms with van der Waals surface area (Å²) in [7, 11) is 1.98. The SMILES string of the molecule is CCC(N)C(c1cnn(C)c1)N1CCC(C(C)(C)C)CC1. The third kappa shape index (κ3) is 3.86. The lowest BCUT2D eigenvalue weighted by Gasteiger charge is -2.43. The summed E-state index contributed by atoms with van der Waals surface area (Å²) < 4.78 is 1.88. The Morgan fingerprint density at radius 3 is 2.38 bits per heavy atom. The average Bonchev–Trinajstić information content (AvgIpc) is 2.84. The zero-order valence-corrected chi connectivity index (χ0v) is 14.3. The molecule has 0 radical (unpaired) electrons. The predicted molar refractivity (Wildman–Crippen MR) is 88.0 cm³/mol. The summed E-state index contributed by atoms with van der Waals surface area (Å²) in [5, 5.41) is 4.34. The number of piperidine rings is 1. The third-order valence-corrected chi connectivity index (χ3v) is 5.09. The van der Waals surface area contributed by atoms with Gasteiger partial charge < -0.3 is 5.73 Å². The fourth-order valence-electron chi connectivity index (χ4n) is 3.59. The second-order valence-corrected chi connectivity index (χ2v) is 7.64. The summed E-state index contributed by atoms with van der Waals surface area (Å²) in [4.78, 5) is 2.58. The van der Waals surface area contributed by atoms with Gasteiger partial charge in [-0.1, -0.05) is 27.7 Å². The van der Waals surface area contributed by atoms with E-state index in [4.69, 9.17) is 5.73 Å². The summed E-state index contributed by atoms with van der Waals surface area (Å²) in [5.74, 6) is 0.821. The Morgan fingerprint density at radius 2 is 1.95 bits per heavy atom. The maximum Gasteiger partial charge on any atom is 0.0538 e. The quantitative estimate of drug-likeness (QED) is 0.928. The van der Waals surface area contributed by atoms with E-state index in [9.17, 15) is 0 Å². The van der Waals surface area contributed by atoms with Crippen LogP contribution in [-0.4, -0.2) is 33.8 Å². The molecule has 1 aliphatic heterocycles. The van der Waals surface area contributed by atoms with E-state index in [1.165, 1.54) is 18.4 Å². The summed E-state index contributed by atoms with van der Waals surface area (Å²) in [5.41, 5.74) is 8.12. The first-order valence-corrected chi connectivity index (χ1v) is 8.31. The van der Waals surface area contributed by atoms with Crippen molar-refractivity contribution in [1.82, 2.24) is 14.7 Å². The van der Waals surface area contributed by atoms with Crippen molar-refractivity contribution in [3.63, 3.8) is 0 Å². The Morgan fingerprint density at radius 1 is 1.33 bits per heavy atom. The Bertz CT molecular complexity index is 438. The minimum atomic E-state index is 0.181. The van der Waals surface area contributed by atoms with Gasteiger partial charge in [-0.3, -0.25) is 9.58 Å². The molecule has 4 heteroatoms. The molecule has 1 aromatic heterocycles. The Labute approximate surface area is 129 Å². The second-order valence-electron chi connectivity index (χ2n) is 7.64. The molecule has 1 saturated heterocycles. The van der Waals surface area contributed by atoms with Crippen LogP contribution >= 0.6 is 0 Å². The fraction of sp³-hybridized carbons (Fsp3) is 0.824. The molecule has 0 spiro atoms. The van der Waals surface area contributed by atoms with Crippen molar-refractivity contribution in [3.8, 4) is 0 Å². The molecule has 1 aliphatic rings. The number of hydrogen-bond donors (Lipinski definition) is 1. The number of aryl methyl sites for hydroxylation is 1. The lowest BCUT2D eigenvalue weighted by molar-refractivity contribution is 0.0722. The van der Waals surface area contributed by atoms with Crippen LogP contribution in [0.5, 0.6) is 0 Å². The van der Waals surface area contributed by atoms with Gasteiger partial charge in [-0.2, -0.15) is 5.10 Å². The molecule has 2 unspecified atom stereocenters. The Hall–Kier alpha value is -0.870. The molecule has 0 aromatic carbocycles. The molecule has 120 valence electrons. The molecule has 0 bridgehead atoms. The molecule has 2 N–H and O–H groups in total. The van der Waals surface area contributed by atoms with Crippen molar-refractivity contribution < 1.29 is 0 Å².